The van der Waals surface area contributed by atoms with Crippen LogP contribution in [-0.2, 0) is 0 Å². The molecule has 19 heavy (non-hydrogen) atoms. The fourth-order valence-corrected chi connectivity index (χ4v) is 3.86. The van der Waals surface area contributed by atoms with Crippen molar-refractivity contribution < 1.29 is 4.79 Å². The Bertz CT molecular complexity index is 631. The number of thiazole rings is 1. The second kappa shape index (κ2) is 5.60. The van der Waals surface area contributed by atoms with E-state index in [0.717, 1.165) is 19.6 Å². The fraction of sp³-hybridized carbons (Fsp3) is 0.167. The van der Waals surface area contributed by atoms with Crippen molar-refractivity contribution >= 4 is 60.5 Å². The van der Waals surface area contributed by atoms with Gasteiger partial charge >= 0.3 is 0 Å². The standard InChI is InChI=1S/C12H11Br2N3OS/c1-5-11(19-6(2)16-5)12(18)17-10-8(13)3-7(15)4-9(10)14/h3-4H,15H2,1-2H3,(H,17,18). The summed E-state index contributed by atoms with van der Waals surface area (Å²) < 4.78 is 1.46. The minimum absolute atomic E-state index is 0.172. The molecule has 0 saturated carbocycles. The minimum Gasteiger partial charge on any atom is -0.399 e. The van der Waals surface area contributed by atoms with Crippen LogP contribution >= 0.6 is 43.2 Å². The predicted molar refractivity (Wildman–Crippen MR) is 85.8 cm³/mol. The molecule has 1 aromatic carbocycles. The summed E-state index contributed by atoms with van der Waals surface area (Å²) in [5.41, 5.74) is 7.73. The third-order valence-corrected chi connectivity index (χ3v) is 4.74. The van der Waals surface area contributed by atoms with Crippen molar-refractivity contribution in [3.63, 3.8) is 0 Å². The van der Waals surface area contributed by atoms with Crippen LogP contribution in [0.2, 0.25) is 0 Å². The molecular weight excluding hydrogens is 394 g/mol. The van der Waals surface area contributed by atoms with Crippen molar-refractivity contribution in [2.45, 2.75) is 13.8 Å². The van der Waals surface area contributed by atoms with Gasteiger partial charge < -0.3 is 11.1 Å². The summed E-state index contributed by atoms with van der Waals surface area (Å²) >= 11 is 8.15. The molecule has 2 aromatic rings. The Morgan fingerprint density at radius 3 is 2.37 bits per heavy atom. The highest BCUT2D eigenvalue weighted by atomic mass is 79.9. The molecule has 0 unspecified atom stereocenters. The summed E-state index contributed by atoms with van der Waals surface area (Å²) in [5, 5.41) is 3.73. The van der Waals surface area contributed by atoms with Gasteiger partial charge in [0.25, 0.3) is 5.91 Å². The molecule has 0 saturated heterocycles. The number of aromatic nitrogens is 1. The first kappa shape index (κ1) is 14.5. The highest BCUT2D eigenvalue weighted by Crippen LogP contribution is 2.34. The monoisotopic (exact) mass is 403 g/mol. The Labute approximate surface area is 131 Å². The Morgan fingerprint density at radius 1 is 1.32 bits per heavy atom. The molecule has 0 spiro atoms. The average molecular weight is 405 g/mol. The van der Waals surface area contributed by atoms with E-state index in [2.05, 4.69) is 42.2 Å². The number of rotatable bonds is 2. The maximum absolute atomic E-state index is 12.2. The summed E-state index contributed by atoms with van der Waals surface area (Å²) in [7, 11) is 0. The number of amides is 1. The SMILES string of the molecule is Cc1nc(C)c(C(=O)Nc2c(Br)cc(N)cc2Br)s1. The van der Waals surface area contributed by atoms with Crippen LogP contribution in [0.15, 0.2) is 21.1 Å². The van der Waals surface area contributed by atoms with E-state index >= 15 is 0 Å². The van der Waals surface area contributed by atoms with E-state index in [0.29, 0.717) is 16.3 Å². The Morgan fingerprint density at radius 2 is 1.89 bits per heavy atom. The second-order valence-electron chi connectivity index (χ2n) is 3.96. The fourth-order valence-electron chi connectivity index (χ4n) is 1.62. The lowest BCUT2D eigenvalue weighted by molar-refractivity contribution is 0.102. The van der Waals surface area contributed by atoms with Crippen LogP contribution in [0.3, 0.4) is 0 Å². The van der Waals surface area contributed by atoms with Crippen molar-refractivity contribution in [1.29, 1.82) is 0 Å². The summed E-state index contributed by atoms with van der Waals surface area (Å²) in [4.78, 5) is 17.1. The van der Waals surface area contributed by atoms with E-state index in [1.54, 1.807) is 12.1 Å². The molecule has 0 radical (unpaired) electrons. The predicted octanol–water partition coefficient (Wildman–Crippen LogP) is 4.12. The van der Waals surface area contributed by atoms with Crippen LogP contribution in [0.5, 0.6) is 0 Å². The zero-order chi connectivity index (χ0) is 14.2. The van der Waals surface area contributed by atoms with Gasteiger partial charge in [0.2, 0.25) is 0 Å². The van der Waals surface area contributed by atoms with Gasteiger partial charge in [-0.2, -0.15) is 0 Å². The second-order valence-corrected chi connectivity index (χ2v) is 6.87. The number of halogens is 2. The molecule has 0 aliphatic carbocycles. The number of carbonyl (C=O) groups excluding carboxylic acids is 1. The largest absolute Gasteiger partial charge is 0.399 e. The van der Waals surface area contributed by atoms with Crippen molar-refractivity contribution in [1.82, 2.24) is 4.98 Å². The molecule has 100 valence electrons. The molecule has 1 aromatic heterocycles. The zero-order valence-electron chi connectivity index (χ0n) is 10.3. The molecule has 1 amide bonds. The van der Waals surface area contributed by atoms with E-state index < -0.39 is 0 Å². The number of benzene rings is 1. The lowest BCUT2D eigenvalue weighted by Gasteiger charge is -2.10. The van der Waals surface area contributed by atoms with E-state index in [1.165, 1.54) is 11.3 Å². The van der Waals surface area contributed by atoms with Crippen LogP contribution in [0.1, 0.15) is 20.4 Å². The van der Waals surface area contributed by atoms with Crippen LogP contribution in [0.25, 0.3) is 0 Å². The topological polar surface area (TPSA) is 68.0 Å². The first-order chi connectivity index (χ1) is 8.88. The van der Waals surface area contributed by atoms with Crippen molar-refractivity contribution in [3.05, 3.63) is 36.7 Å². The van der Waals surface area contributed by atoms with Crippen molar-refractivity contribution in [2.75, 3.05) is 11.1 Å². The first-order valence-corrected chi connectivity index (χ1v) is 7.78. The molecule has 0 bridgehead atoms. The third-order valence-electron chi connectivity index (χ3n) is 2.41. The number of anilines is 2. The Balaban J connectivity index is 2.32. The van der Waals surface area contributed by atoms with Gasteiger partial charge in [-0.15, -0.1) is 11.3 Å². The van der Waals surface area contributed by atoms with Crippen molar-refractivity contribution in [2.24, 2.45) is 0 Å². The molecule has 7 heteroatoms. The van der Waals surface area contributed by atoms with E-state index in [1.807, 2.05) is 13.8 Å². The first-order valence-electron chi connectivity index (χ1n) is 5.38. The summed E-state index contributed by atoms with van der Waals surface area (Å²) in [5.74, 6) is -0.172. The lowest BCUT2D eigenvalue weighted by atomic mass is 10.2. The number of hydrogen-bond donors (Lipinski definition) is 2. The third kappa shape index (κ3) is 3.16. The average Bonchev–Trinajstić information content (AvgIpc) is 2.62. The lowest BCUT2D eigenvalue weighted by Crippen LogP contribution is -2.12. The number of carbonyl (C=O) groups is 1. The van der Waals surface area contributed by atoms with Gasteiger partial charge in [-0.25, -0.2) is 4.98 Å². The molecule has 0 aliphatic rings. The highest BCUT2D eigenvalue weighted by Gasteiger charge is 2.16. The van der Waals surface area contributed by atoms with Gasteiger partial charge in [-0.1, -0.05) is 0 Å². The maximum Gasteiger partial charge on any atom is 0.267 e. The number of aryl methyl sites for hydroxylation is 2. The van der Waals surface area contributed by atoms with Crippen LogP contribution in [-0.4, -0.2) is 10.9 Å². The molecule has 2 rings (SSSR count). The minimum atomic E-state index is -0.172. The van der Waals surface area contributed by atoms with Gasteiger partial charge in [0.1, 0.15) is 4.88 Å². The molecule has 3 N–H and O–H groups in total. The summed E-state index contributed by atoms with van der Waals surface area (Å²) in [6.45, 7) is 3.70. The van der Waals surface area contributed by atoms with Crippen LogP contribution < -0.4 is 11.1 Å². The van der Waals surface area contributed by atoms with E-state index in [9.17, 15) is 4.79 Å². The molecule has 1 heterocycles. The zero-order valence-corrected chi connectivity index (χ0v) is 14.2. The maximum atomic E-state index is 12.2. The number of hydrogen-bond acceptors (Lipinski definition) is 4. The summed E-state index contributed by atoms with van der Waals surface area (Å²) in [6, 6.07) is 3.48. The number of nitrogens with two attached hydrogens (primary N) is 1. The van der Waals surface area contributed by atoms with Crippen molar-refractivity contribution in [3.8, 4) is 0 Å². The van der Waals surface area contributed by atoms with E-state index in [4.69, 9.17) is 5.73 Å². The van der Waals surface area contributed by atoms with Gasteiger partial charge in [-0.3, -0.25) is 4.79 Å². The van der Waals surface area contributed by atoms with Crippen LogP contribution in [0.4, 0.5) is 11.4 Å². The number of nitrogens with zero attached hydrogens (tertiary/aromatic N) is 1. The van der Waals surface area contributed by atoms with Gasteiger partial charge in [0, 0.05) is 14.6 Å². The molecule has 4 nitrogen and oxygen atoms in total. The molecular formula is C12H11Br2N3OS. The Kier molecular flexibility index (Phi) is 4.27. The summed E-state index contributed by atoms with van der Waals surface area (Å²) in [6.07, 6.45) is 0. The smallest absolute Gasteiger partial charge is 0.267 e. The molecule has 0 fully saturated rings. The number of nitrogen functional groups attached to an aromatic ring is 1. The van der Waals surface area contributed by atoms with Crippen LogP contribution in [0, 0.1) is 13.8 Å². The quantitative estimate of drug-likeness (QED) is 0.739. The van der Waals surface area contributed by atoms with Gasteiger partial charge in [0.15, 0.2) is 0 Å². The van der Waals surface area contributed by atoms with Gasteiger partial charge in [0.05, 0.1) is 16.4 Å². The number of nitrogens with one attached hydrogen (secondary N) is 1. The van der Waals surface area contributed by atoms with E-state index in [-0.39, 0.29) is 5.91 Å². The normalized spacial score (nSPS) is 10.5. The van der Waals surface area contributed by atoms with Gasteiger partial charge in [-0.05, 0) is 57.8 Å². The molecule has 0 aliphatic heterocycles. The molecule has 0 atom stereocenters. The highest BCUT2D eigenvalue weighted by molar-refractivity contribution is 9.11. The Hall–Kier alpha value is -0.920.